The Morgan fingerprint density at radius 2 is 1.62 bits per heavy atom. The molecule has 0 saturated heterocycles. The molecule has 0 aliphatic rings. The molecule has 164 valence electrons. The van der Waals surface area contributed by atoms with Crippen LogP contribution in [0.25, 0.3) is 22.5 Å². The maximum absolute atomic E-state index is 13.8. The summed E-state index contributed by atoms with van der Waals surface area (Å²) in [5.41, 5.74) is 8.50. The summed E-state index contributed by atoms with van der Waals surface area (Å²) < 4.78 is 29.3. The molecule has 3 N–H and O–H groups in total. The van der Waals surface area contributed by atoms with Crippen molar-refractivity contribution >= 4 is 17.5 Å². The highest BCUT2D eigenvalue weighted by molar-refractivity contribution is 6.04. The van der Waals surface area contributed by atoms with Crippen LogP contribution in [-0.2, 0) is 7.05 Å². The number of carbonyl (C=O) groups is 1. The van der Waals surface area contributed by atoms with Crippen molar-refractivity contribution in [2.75, 3.05) is 11.1 Å². The molecule has 2 aromatic heterocycles. The first-order valence-electron chi connectivity index (χ1n) is 10.1. The normalized spacial score (nSPS) is 10.3. The summed E-state index contributed by atoms with van der Waals surface area (Å²) >= 11 is 0. The van der Waals surface area contributed by atoms with E-state index in [1.807, 2.05) is 50.2 Å². The monoisotopic (exact) mass is 435 g/mol. The van der Waals surface area contributed by atoms with Crippen molar-refractivity contribution in [2.45, 2.75) is 13.8 Å². The predicted molar refractivity (Wildman–Crippen MR) is 122 cm³/mol. The third-order valence-corrected chi connectivity index (χ3v) is 4.58. The number of nitrogen functional groups attached to an aromatic ring is 1. The summed E-state index contributed by atoms with van der Waals surface area (Å²) in [6, 6.07) is 18.0. The second-order valence-electron chi connectivity index (χ2n) is 6.58. The van der Waals surface area contributed by atoms with Gasteiger partial charge in [-0.15, -0.1) is 0 Å². The zero-order valence-corrected chi connectivity index (χ0v) is 17.9. The van der Waals surface area contributed by atoms with Crippen LogP contribution in [0.1, 0.15) is 24.2 Å². The second kappa shape index (κ2) is 9.82. The molecule has 0 unspecified atom stereocenters. The number of nitrogens with zero attached hydrogens (tertiary/aromatic N) is 3. The van der Waals surface area contributed by atoms with Crippen LogP contribution in [0.2, 0.25) is 0 Å². The Balaban J connectivity index is 0.00000141. The van der Waals surface area contributed by atoms with Crippen molar-refractivity contribution in [1.29, 1.82) is 0 Å². The Morgan fingerprint density at radius 1 is 0.969 bits per heavy atom. The highest BCUT2D eigenvalue weighted by atomic mass is 19.1. The van der Waals surface area contributed by atoms with Gasteiger partial charge in [-0.3, -0.25) is 9.48 Å². The standard InChI is InChI=1S/C22H17F2N5O.C2H6/c1-29-18(12-17(28-29)13-6-3-2-4-7-13)14-10-11-19(26-21(14)25)27-22(30)20-15(23)8-5-9-16(20)24;1-2/h2-12H,1H3,(H3,25,26,27,30);1-2H3. The second-order valence-corrected chi connectivity index (χ2v) is 6.58. The summed E-state index contributed by atoms with van der Waals surface area (Å²) in [7, 11) is 1.79. The van der Waals surface area contributed by atoms with E-state index >= 15 is 0 Å². The van der Waals surface area contributed by atoms with Crippen LogP contribution in [0.3, 0.4) is 0 Å². The van der Waals surface area contributed by atoms with Crippen LogP contribution in [0.15, 0.2) is 66.7 Å². The number of rotatable bonds is 4. The average Bonchev–Trinajstić information content (AvgIpc) is 3.17. The molecule has 0 saturated carbocycles. The van der Waals surface area contributed by atoms with Crippen molar-refractivity contribution in [1.82, 2.24) is 14.8 Å². The molecule has 4 aromatic rings. The highest BCUT2D eigenvalue weighted by Gasteiger charge is 2.18. The minimum atomic E-state index is -0.958. The van der Waals surface area contributed by atoms with Crippen molar-refractivity contribution < 1.29 is 13.6 Å². The molecule has 0 radical (unpaired) electrons. The van der Waals surface area contributed by atoms with E-state index in [1.54, 1.807) is 17.8 Å². The number of aromatic nitrogens is 3. The molecule has 0 aliphatic carbocycles. The van der Waals surface area contributed by atoms with Gasteiger partial charge in [-0.05, 0) is 30.3 Å². The predicted octanol–water partition coefficient (Wildman–Crippen LogP) is 5.29. The minimum Gasteiger partial charge on any atom is -0.383 e. The molecule has 0 atom stereocenters. The Hall–Kier alpha value is -4.07. The Labute approximate surface area is 184 Å². The maximum Gasteiger partial charge on any atom is 0.262 e. The van der Waals surface area contributed by atoms with Crippen LogP contribution in [0, 0.1) is 11.6 Å². The number of hydrogen-bond donors (Lipinski definition) is 2. The molecule has 2 aromatic carbocycles. The first-order valence-corrected chi connectivity index (χ1v) is 10.1. The number of halogens is 2. The number of benzene rings is 2. The lowest BCUT2D eigenvalue weighted by atomic mass is 10.1. The van der Waals surface area contributed by atoms with E-state index in [0.717, 1.165) is 29.1 Å². The number of nitrogens with two attached hydrogens (primary N) is 1. The van der Waals surface area contributed by atoms with Crippen LogP contribution < -0.4 is 11.1 Å². The quantitative estimate of drug-likeness (QED) is 0.456. The van der Waals surface area contributed by atoms with Gasteiger partial charge in [-0.25, -0.2) is 13.8 Å². The van der Waals surface area contributed by atoms with Crippen molar-refractivity contribution in [3.05, 3.63) is 83.9 Å². The third kappa shape index (κ3) is 4.64. The summed E-state index contributed by atoms with van der Waals surface area (Å²) in [5, 5.41) is 6.88. The lowest BCUT2D eigenvalue weighted by molar-refractivity contribution is 0.101. The van der Waals surface area contributed by atoms with Gasteiger partial charge < -0.3 is 11.1 Å². The van der Waals surface area contributed by atoms with Gasteiger partial charge in [-0.1, -0.05) is 50.2 Å². The largest absolute Gasteiger partial charge is 0.383 e. The molecule has 0 fully saturated rings. The van der Waals surface area contributed by atoms with Crippen molar-refractivity contribution in [3.8, 4) is 22.5 Å². The van der Waals surface area contributed by atoms with Gasteiger partial charge in [0.05, 0.1) is 11.4 Å². The lowest BCUT2D eigenvalue weighted by Crippen LogP contribution is -2.17. The fraction of sp³-hybridized carbons (Fsp3) is 0.125. The molecule has 4 rings (SSSR count). The van der Waals surface area contributed by atoms with Gasteiger partial charge in [0.15, 0.2) is 0 Å². The van der Waals surface area contributed by atoms with Crippen molar-refractivity contribution in [2.24, 2.45) is 7.05 Å². The van der Waals surface area contributed by atoms with Crippen LogP contribution >= 0.6 is 0 Å². The molecule has 32 heavy (non-hydrogen) atoms. The van der Waals surface area contributed by atoms with E-state index in [-0.39, 0.29) is 11.6 Å². The molecule has 2 heterocycles. The van der Waals surface area contributed by atoms with Crippen LogP contribution in [0.5, 0.6) is 0 Å². The van der Waals surface area contributed by atoms with Gasteiger partial charge in [0.1, 0.15) is 28.8 Å². The summed E-state index contributed by atoms with van der Waals surface area (Å²) in [4.78, 5) is 16.4. The maximum atomic E-state index is 13.8. The average molecular weight is 435 g/mol. The van der Waals surface area contributed by atoms with E-state index in [4.69, 9.17) is 5.73 Å². The van der Waals surface area contributed by atoms with Crippen LogP contribution in [-0.4, -0.2) is 20.7 Å². The number of amides is 1. The van der Waals surface area contributed by atoms with Gasteiger partial charge in [0, 0.05) is 18.2 Å². The Kier molecular flexibility index (Phi) is 6.94. The van der Waals surface area contributed by atoms with E-state index in [9.17, 15) is 13.6 Å². The first kappa shape index (κ1) is 22.6. The molecular formula is C24H23F2N5O. The van der Waals surface area contributed by atoms with Gasteiger partial charge in [0.2, 0.25) is 0 Å². The highest BCUT2D eigenvalue weighted by Crippen LogP contribution is 2.29. The molecule has 6 nitrogen and oxygen atoms in total. The van der Waals surface area contributed by atoms with E-state index < -0.39 is 23.1 Å². The fourth-order valence-corrected chi connectivity index (χ4v) is 3.12. The third-order valence-electron chi connectivity index (χ3n) is 4.58. The van der Waals surface area contributed by atoms with E-state index in [1.165, 1.54) is 12.1 Å². The molecule has 1 amide bonds. The van der Waals surface area contributed by atoms with Crippen LogP contribution in [0.4, 0.5) is 20.4 Å². The van der Waals surface area contributed by atoms with Crippen molar-refractivity contribution in [3.63, 3.8) is 0 Å². The summed E-state index contributed by atoms with van der Waals surface area (Å²) in [6.07, 6.45) is 0. The molecule has 0 aliphatic heterocycles. The van der Waals surface area contributed by atoms with E-state index in [0.29, 0.717) is 5.56 Å². The SMILES string of the molecule is CC.Cn1nc(-c2ccccc2)cc1-c1ccc(NC(=O)c2c(F)cccc2F)nc1N. The van der Waals surface area contributed by atoms with Gasteiger partial charge in [0.25, 0.3) is 5.91 Å². The Morgan fingerprint density at radius 3 is 2.25 bits per heavy atom. The number of nitrogens with one attached hydrogen (secondary N) is 1. The number of pyridine rings is 1. The van der Waals surface area contributed by atoms with Gasteiger partial charge in [-0.2, -0.15) is 5.10 Å². The molecule has 0 spiro atoms. The zero-order chi connectivity index (χ0) is 23.3. The molecular weight excluding hydrogens is 412 g/mol. The number of carbonyl (C=O) groups excluding carboxylic acids is 1. The number of hydrogen-bond acceptors (Lipinski definition) is 4. The summed E-state index contributed by atoms with van der Waals surface area (Å²) in [5.74, 6) is -2.64. The van der Waals surface area contributed by atoms with E-state index in [2.05, 4.69) is 15.4 Å². The summed E-state index contributed by atoms with van der Waals surface area (Å²) in [6.45, 7) is 4.00. The Bertz CT molecular complexity index is 1220. The fourth-order valence-electron chi connectivity index (χ4n) is 3.12. The molecule has 0 bridgehead atoms. The minimum absolute atomic E-state index is 0.0781. The number of anilines is 2. The molecule has 8 heteroatoms. The first-order chi connectivity index (χ1) is 15.4. The smallest absolute Gasteiger partial charge is 0.262 e. The number of aryl methyl sites for hydroxylation is 1. The topological polar surface area (TPSA) is 85.8 Å². The zero-order valence-electron chi connectivity index (χ0n) is 17.9. The lowest BCUT2D eigenvalue weighted by Gasteiger charge is -2.09. The van der Waals surface area contributed by atoms with Gasteiger partial charge >= 0.3 is 0 Å².